The maximum Gasteiger partial charge on any atom is 0.264 e. The molecule has 1 aliphatic rings. The predicted octanol–water partition coefficient (Wildman–Crippen LogP) is 4.55. The molecule has 0 saturated heterocycles. The lowest BCUT2D eigenvalue weighted by Crippen LogP contribution is -2.32. The predicted molar refractivity (Wildman–Crippen MR) is 97.7 cm³/mol. The van der Waals surface area contributed by atoms with Crippen LogP contribution < -0.4 is 0 Å². The lowest BCUT2D eigenvalue weighted by atomic mass is 10.2. The Morgan fingerprint density at radius 3 is 3.00 bits per heavy atom. The van der Waals surface area contributed by atoms with E-state index in [4.69, 9.17) is 0 Å². The van der Waals surface area contributed by atoms with Crippen molar-refractivity contribution in [1.29, 1.82) is 0 Å². The van der Waals surface area contributed by atoms with E-state index >= 15 is 0 Å². The van der Waals surface area contributed by atoms with Crippen molar-refractivity contribution < 1.29 is 9.18 Å². The highest BCUT2D eigenvalue weighted by molar-refractivity contribution is 7.21. The Kier molecular flexibility index (Phi) is 3.39. The van der Waals surface area contributed by atoms with Gasteiger partial charge in [0, 0.05) is 29.7 Å². The molecule has 0 bridgehead atoms. The summed E-state index contributed by atoms with van der Waals surface area (Å²) < 4.78 is 16.0. The van der Waals surface area contributed by atoms with Gasteiger partial charge in [-0.1, -0.05) is 18.2 Å². The Hall–Kier alpha value is -2.25. The zero-order valence-corrected chi connectivity index (χ0v) is 14.8. The van der Waals surface area contributed by atoms with Crippen LogP contribution in [-0.4, -0.2) is 26.2 Å². The largest absolute Gasteiger partial charge is 0.331 e. The third kappa shape index (κ3) is 2.54. The number of rotatable bonds is 4. The van der Waals surface area contributed by atoms with E-state index in [1.54, 1.807) is 34.4 Å². The van der Waals surface area contributed by atoms with Gasteiger partial charge in [-0.3, -0.25) is 9.20 Å². The summed E-state index contributed by atoms with van der Waals surface area (Å²) in [6.45, 7) is 0.312. The molecule has 4 nitrogen and oxygen atoms in total. The molecule has 0 atom stereocenters. The van der Waals surface area contributed by atoms with Gasteiger partial charge >= 0.3 is 0 Å². The average Bonchev–Trinajstić information content (AvgIpc) is 3.06. The van der Waals surface area contributed by atoms with Crippen LogP contribution in [0.25, 0.3) is 15.3 Å². The van der Waals surface area contributed by atoms with Crippen LogP contribution in [0.1, 0.15) is 28.1 Å². The Bertz CT molecular complexity index is 1090. The molecule has 0 aliphatic heterocycles. The van der Waals surface area contributed by atoms with Crippen molar-refractivity contribution in [2.75, 3.05) is 0 Å². The van der Waals surface area contributed by atoms with Crippen LogP contribution in [0.15, 0.2) is 41.9 Å². The van der Waals surface area contributed by atoms with Crippen LogP contribution in [0, 0.1) is 5.82 Å². The second kappa shape index (κ2) is 5.64. The number of fused-ring (bicyclic) bond motifs is 3. The van der Waals surface area contributed by atoms with Gasteiger partial charge in [-0.15, -0.1) is 22.7 Å². The van der Waals surface area contributed by atoms with Gasteiger partial charge in [-0.25, -0.2) is 9.37 Å². The molecule has 0 spiro atoms. The summed E-state index contributed by atoms with van der Waals surface area (Å²) in [6, 6.07) is 8.79. The number of benzene rings is 1. The Morgan fingerprint density at radius 2 is 2.20 bits per heavy atom. The Balaban J connectivity index is 1.49. The highest BCUT2D eigenvalue weighted by Gasteiger charge is 2.34. The van der Waals surface area contributed by atoms with Crippen LogP contribution in [0.5, 0.6) is 0 Å². The molecule has 1 aromatic carbocycles. The van der Waals surface area contributed by atoms with E-state index in [1.165, 1.54) is 17.4 Å². The number of halogens is 1. The van der Waals surface area contributed by atoms with Crippen LogP contribution in [0.4, 0.5) is 4.39 Å². The van der Waals surface area contributed by atoms with E-state index in [9.17, 15) is 9.18 Å². The molecule has 1 amide bonds. The van der Waals surface area contributed by atoms with E-state index in [-0.39, 0.29) is 17.8 Å². The van der Waals surface area contributed by atoms with E-state index < -0.39 is 0 Å². The van der Waals surface area contributed by atoms with Crippen molar-refractivity contribution in [2.24, 2.45) is 0 Å². The number of hydrogen-bond acceptors (Lipinski definition) is 4. The standard InChI is InChI=1S/C18H14FN3OS2/c19-13-4-2-1-3-11(13)10-22(12-5-6-12)17(23)15-9-14-16(25-15)20-18-21(14)7-8-24-18/h1-4,7-9,12H,5-6,10H2. The van der Waals surface area contributed by atoms with E-state index in [0.717, 1.165) is 28.1 Å². The zero-order valence-electron chi connectivity index (χ0n) is 13.2. The Labute approximate surface area is 151 Å². The Morgan fingerprint density at radius 1 is 1.36 bits per heavy atom. The first-order chi connectivity index (χ1) is 12.2. The molecular weight excluding hydrogens is 357 g/mol. The van der Waals surface area contributed by atoms with Crippen LogP contribution in [0.2, 0.25) is 0 Å². The summed E-state index contributed by atoms with van der Waals surface area (Å²) in [5.41, 5.74) is 1.53. The minimum absolute atomic E-state index is 0.0299. The fourth-order valence-electron chi connectivity index (χ4n) is 3.06. The molecular formula is C18H14FN3OS2. The minimum atomic E-state index is -0.261. The first-order valence-electron chi connectivity index (χ1n) is 8.10. The maximum absolute atomic E-state index is 14.0. The molecule has 3 heterocycles. The molecule has 4 aromatic rings. The average molecular weight is 371 g/mol. The van der Waals surface area contributed by atoms with E-state index in [1.807, 2.05) is 22.0 Å². The van der Waals surface area contributed by atoms with E-state index in [2.05, 4.69) is 4.98 Å². The van der Waals surface area contributed by atoms with Crippen molar-refractivity contribution in [3.8, 4) is 0 Å². The number of thiophene rings is 1. The molecule has 0 unspecified atom stereocenters. The van der Waals surface area contributed by atoms with Crippen LogP contribution in [-0.2, 0) is 6.54 Å². The molecule has 1 fully saturated rings. The fraction of sp³-hybridized carbons (Fsp3) is 0.222. The van der Waals surface area contributed by atoms with Gasteiger partial charge in [0.15, 0.2) is 4.96 Å². The summed E-state index contributed by atoms with van der Waals surface area (Å²) in [6.07, 6.45) is 3.94. The van der Waals surface area contributed by atoms with Crippen molar-refractivity contribution >= 4 is 43.9 Å². The highest BCUT2D eigenvalue weighted by Crippen LogP contribution is 2.34. The second-order valence-electron chi connectivity index (χ2n) is 6.22. The number of aromatic nitrogens is 2. The first-order valence-corrected chi connectivity index (χ1v) is 9.80. The lowest BCUT2D eigenvalue weighted by Gasteiger charge is -2.22. The van der Waals surface area contributed by atoms with Gasteiger partial charge in [0.05, 0.1) is 10.4 Å². The van der Waals surface area contributed by atoms with Gasteiger partial charge in [0.25, 0.3) is 5.91 Å². The molecule has 25 heavy (non-hydrogen) atoms. The topological polar surface area (TPSA) is 37.6 Å². The molecule has 3 aromatic heterocycles. The van der Waals surface area contributed by atoms with Crippen LogP contribution in [0.3, 0.4) is 0 Å². The fourth-order valence-corrected chi connectivity index (χ4v) is 4.81. The maximum atomic E-state index is 14.0. The first kappa shape index (κ1) is 15.0. The molecule has 0 N–H and O–H groups in total. The number of carbonyl (C=O) groups excluding carboxylic acids is 1. The quantitative estimate of drug-likeness (QED) is 0.528. The van der Waals surface area contributed by atoms with Crippen LogP contribution >= 0.6 is 22.7 Å². The number of nitrogens with zero attached hydrogens (tertiary/aromatic N) is 3. The van der Waals surface area contributed by atoms with Crippen molar-refractivity contribution in [3.63, 3.8) is 0 Å². The zero-order chi connectivity index (χ0) is 17.0. The second-order valence-corrected chi connectivity index (χ2v) is 8.13. The summed E-state index contributed by atoms with van der Waals surface area (Å²) >= 11 is 2.99. The SMILES string of the molecule is O=C(c1cc2c(nc3sccn32)s1)N(Cc1ccccc1F)C1CC1. The smallest absolute Gasteiger partial charge is 0.264 e. The van der Waals surface area contributed by atoms with Crippen molar-refractivity contribution in [3.05, 3.63) is 58.2 Å². The summed E-state index contributed by atoms with van der Waals surface area (Å²) in [7, 11) is 0. The van der Waals surface area contributed by atoms with Gasteiger partial charge in [-0.05, 0) is 25.0 Å². The normalized spacial score (nSPS) is 14.4. The van der Waals surface area contributed by atoms with Gasteiger partial charge in [-0.2, -0.15) is 0 Å². The van der Waals surface area contributed by atoms with Crippen molar-refractivity contribution in [2.45, 2.75) is 25.4 Å². The third-order valence-electron chi connectivity index (χ3n) is 4.50. The molecule has 1 aliphatic carbocycles. The highest BCUT2D eigenvalue weighted by atomic mass is 32.1. The number of thiazole rings is 1. The van der Waals surface area contributed by atoms with Gasteiger partial charge < -0.3 is 4.90 Å². The number of imidazole rings is 1. The lowest BCUT2D eigenvalue weighted by molar-refractivity contribution is 0.0733. The molecule has 0 radical (unpaired) electrons. The summed E-state index contributed by atoms with van der Waals surface area (Å²) in [5, 5.41) is 1.98. The van der Waals surface area contributed by atoms with E-state index in [0.29, 0.717) is 17.0 Å². The minimum Gasteiger partial charge on any atom is -0.331 e. The number of carbonyl (C=O) groups is 1. The number of hydrogen-bond donors (Lipinski definition) is 0. The third-order valence-corrected chi connectivity index (χ3v) is 6.26. The van der Waals surface area contributed by atoms with Gasteiger partial charge in [0.2, 0.25) is 0 Å². The molecule has 126 valence electrons. The van der Waals surface area contributed by atoms with Gasteiger partial charge in [0.1, 0.15) is 10.6 Å². The molecule has 7 heteroatoms. The molecule has 5 rings (SSSR count). The molecule has 1 saturated carbocycles. The summed E-state index contributed by atoms with van der Waals surface area (Å²) in [5.74, 6) is -0.291. The number of amides is 1. The monoisotopic (exact) mass is 371 g/mol. The summed E-state index contributed by atoms with van der Waals surface area (Å²) in [4.78, 5) is 21.9. The van der Waals surface area contributed by atoms with Crippen molar-refractivity contribution in [1.82, 2.24) is 14.3 Å².